The van der Waals surface area contributed by atoms with Crippen molar-refractivity contribution in [1.82, 2.24) is 9.55 Å². The molecule has 1 N–H and O–H groups in total. The number of furan rings is 1. The van der Waals surface area contributed by atoms with Crippen molar-refractivity contribution in [2.24, 2.45) is 7.05 Å². The number of nitriles is 1. The summed E-state index contributed by atoms with van der Waals surface area (Å²) in [5.74, 6) is 0.735. The highest BCUT2D eigenvalue weighted by Crippen LogP contribution is 2.42. The first-order valence-corrected chi connectivity index (χ1v) is 10.9. The molecule has 0 spiro atoms. The Labute approximate surface area is 205 Å². The molecule has 0 fully saturated rings. The summed E-state index contributed by atoms with van der Waals surface area (Å²) >= 11 is 0. The lowest BCUT2D eigenvalue weighted by atomic mass is 9.87. The Morgan fingerprint density at radius 1 is 1.17 bits per heavy atom. The molecule has 9 heteroatoms. The average molecular weight is 480 g/mol. The SMILES string of the molecule is COc1cccc(-c2cc([N+](=O)[O-])cc3cc(C(O)(c4ccc(C#N)cc4)c4cncn4C)oc23)c1. The van der Waals surface area contributed by atoms with Crippen LogP contribution in [-0.4, -0.2) is 26.7 Å². The molecule has 3 aromatic carbocycles. The van der Waals surface area contributed by atoms with E-state index in [9.17, 15) is 20.5 Å². The Bertz CT molecular complexity index is 1650. The third-order valence-corrected chi connectivity index (χ3v) is 6.17. The molecule has 0 amide bonds. The summed E-state index contributed by atoms with van der Waals surface area (Å²) in [6.07, 6.45) is 3.08. The van der Waals surface area contributed by atoms with Crippen LogP contribution in [0.25, 0.3) is 22.1 Å². The molecular weight excluding hydrogens is 460 g/mol. The number of hydrogen-bond acceptors (Lipinski definition) is 7. The number of aromatic nitrogens is 2. The number of hydrogen-bond donors (Lipinski definition) is 1. The zero-order chi connectivity index (χ0) is 25.4. The molecular formula is C27H20N4O5. The number of nitrogens with zero attached hydrogens (tertiary/aromatic N) is 4. The number of rotatable bonds is 6. The fraction of sp³-hybridized carbons (Fsp3) is 0.111. The van der Waals surface area contributed by atoms with Gasteiger partial charge in [0.25, 0.3) is 5.69 Å². The molecule has 5 aromatic rings. The van der Waals surface area contributed by atoms with Crippen LogP contribution in [0.5, 0.6) is 5.75 Å². The lowest BCUT2D eigenvalue weighted by Crippen LogP contribution is -2.30. The van der Waals surface area contributed by atoms with Crippen molar-refractivity contribution in [2.75, 3.05) is 7.11 Å². The zero-order valence-corrected chi connectivity index (χ0v) is 19.4. The maximum absolute atomic E-state index is 12.2. The quantitative estimate of drug-likeness (QED) is 0.270. The second-order valence-corrected chi connectivity index (χ2v) is 8.30. The van der Waals surface area contributed by atoms with Gasteiger partial charge in [-0.2, -0.15) is 5.26 Å². The topological polar surface area (TPSA) is 127 Å². The van der Waals surface area contributed by atoms with E-state index in [0.717, 1.165) is 0 Å². The highest BCUT2D eigenvalue weighted by Gasteiger charge is 2.40. The van der Waals surface area contributed by atoms with Gasteiger partial charge in [0.15, 0.2) is 5.60 Å². The molecule has 2 aromatic heterocycles. The van der Waals surface area contributed by atoms with Crippen molar-refractivity contribution >= 4 is 16.7 Å². The van der Waals surface area contributed by atoms with Crippen LogP contribution in [0, 0.1) is 21.4 Å². The lowest BCUT2D eigenvalue weighted by molar-refractivity contribution is -0.384. The lowest BCUT2D eigenvalue weighted by Gasteiger charge is -2.27. The molecule has 0 aliphatic rings. The van der Waals surface area contributed by atoms with Gasteiger partial charge < -0.3 is 18.8 Å². The van der Waals surface area contributed by atoms with Crippen molar-refractivity contribution in [3.05, 3.63) is 112 Å². The normalized spacial score (nSPS) is 12.7. The number of aryl methyl sites for hydroxylation is 1. The number of aliphatic hydroxyl groups is 1. The maximum atomic E-state index is 12.2. The summed E-state index contributed by atoms with van der Waals surface area (Å²) in [7, 11) is 3.28. The van der Waals surface area contributed by atoms with E-state index in [-0.39, 0.29) is 11.4 Å². The largest absolute Gasteiger partial charge is 0.497 e. The summed E-state index contributed by atoms with van der Waals surface area (Å²) in [5.41, 5.74) is 0.909. The molecule has 1 unspecified atom stereocenters. The van der Waals surface area contributed by atoms with Crippen LogP contribution in [-0.2, 0) is 12.6 Å². The summed E-state index contributed by atoms with van der Waals surface area (Å²) < 4.78 is 13.3. The van der Waals surface area contributed by atoms with Gasteiger partial charge in [-0.15, -0.1) is 0 Å². The molecule has 0 saturated heterocycles. The van der Waals surface area contributed by atoms with Gasteiger partial charge in [-0.25, -0.2) is 4.98 Å². The number of methoxy groups -OCH3 is 1. The van der Waals surface area contributed by atoms with Crippen molar-refractivity contribution in [1.29, 1.82) is 5.26 Å². The van der Waals surface area contributed by atoms with Crippen molar-refractivity contribution in [2.45, 2.75) is 5.60 Å². The van der Waals surface area contributed by atoms with Crippen molar-refractivity contribution in [3.63, 3.8) is 0 Å². The highest BCUT2D eigenvalue weighted by molar-refractivity contribution is 5.95. The second kappa shape index (κ2) is 8.69. The zero-order valence-electron chi connectivity index (χ0n) is 19.4. The van der Waals surface area contributed by atoms with Crippen LogP contribution >= 0.6 is 0 Å². The third-order valence-electron chi connectivity index (χ3n) is 6.17. The molecule has 1 atom stereocenters. The Morgan fingerprint density at radius 3 is 2.58 bits per heavy atom. The van der Waals surface area contributed by atoms with E-state index in [4.69, 9.17) is 9.15 Å². The Morgan fingerprint density at radius 2 is 1.94 bits per heavy atom. The van der Waals surface area contributed by atoms with Crippen LogP contribution in [0.15, 0.2) is 83.7 Å². The monoisotopic (exact) mass is 480 g/mol. The molecule has 36 heavy (non-hydrogen) atoms. The Balaban J connectivity index is 1.80. The number of nitro groups is 1. The predicted molar refractivity (Wildman–Crippen MR) is 131 cm³/mol. The van der Waals surface area contributed by atoms with Gasteiger partial charge in [-0.1, -0.05) is 24.3 Å². The fourth-order valence-corrected chi connectivity index (χ4v) is 4.33. The minimum atomic E-state index is -1.79. The van der Waals surface area contributed by atoms with E-state index in [0.29, 0.717) is 44.7 Å². The number of non-ortho nitro benzene ring substituents is 1. The summed E-state index contributed by atoms with van der Waals surface area (Å²) in [6.45, 7) is 0. The van der Waals surface area contributed by atoms with E-state index < -0.39 is 10.5 Å². The van der Waals surface area contributed by atoms with Crippen LogP contribution in [0.1, 0.15) is 22.6 Å². The van der Waals surface area contributed by atoms with Crippen molar-refractivity contribution < 1.29 is 19.2 Å². The third kappa shape index (κ3) is 3.66. The van der Waals surface area contributed by atoms with Gasteiger partial charge >= 0.3 is 0 Å². The van der Waals surface area contributed by atoms with Gasteiger partial charge in [0, 0.05) is 30.1 Å². The molecule has 0 bridgehead atoms. The standard InChI is InChI=1S/C27H20N4O5/c1-30-16-29-15-24(30)27(32,20-8-6-17(14-28)7-9-20)25-12-19-10-21(31(33)34)13-23(26(19)36-25)18-4-3-5-22(11-18)35-2/h3-13,15-16,32H,1-2H3. The van der Waals surface area contributed by atoms with Crippen LogP contribution < -0.4 is 4.74 Å². The minimum absolute atomic E-state index is 0.116. The van der Waals surface area contributed by atoms with Gasteiger partial charge in [0.05, 0.1) is 41.9 Å². The van der Waals surface area contributed by atoms with Gasteiger partial charge in [0.2, 0.25) is 0 Å². The van der Waals surface area contributed by atoms with Crippen LogP contribution in [0.2, 0.25) is 0 Å². The van der Waals surface area contributed by atoms with E-state index in [1.54, 1.807) is 79.6 Å². The first-order chi connectivity index (χ1) is 17.3. The minimum Gasteiger partial charge on any atom is -0.497 e. The van der Waals surface area contributed by atoms with E-state index in [1.165, 1.54) is 18.3 Å². The molecule has 2 heterocycles. The second-order valence-electron chi connectivity index (χ2n) is 8.30. The highest BCUT2D eigenvalue weighted by atomic mass is 16.6. The average Bonchev–Trinajstić information content (AvgIpc) is 3.54. The molecule has 5 rings (SSSR count). The number of fused-ring (bicyclic) bond motifs is 1. The Kier molecular flexibility index (Phi) is 5.51. The number of nitro benzene ring substituents is 1. The van der Waals surface area contributed by atoms with Gasteiger partial charge in [-0.05, 0) is 41.5 Å². The van der Waals surface area contributed by atoms with E-state index in [2.05, 4.69) is 11.1 Å². The van der Waals surface area contributed by atoms with Gasteiger partial charge in [-0.3, -0.25) is 10.1 Å². The van der Waals surface area contributed by atoms with Crippen LogP contribution in [0.3, 0.4) is 0 Å². The Hall–Kier alpha value is -4.94. The molecule has 0 aliphatic heterocycles. The van der Waals surface area contributed by atoms with Crippen LogP contribution in [0.4, 0.5) is 5.69 Å². The van der Waals surface area contributed by atoms with E-state index >= 15 is 0 Å². The maximum Gasteiger partial charge on any atom is 0.270 e. The summed E-state index contributed by atoms with van der Waals surface area (Å²) in [5, 5.41) is 33.6. The number of benzene rings is 3. The predicted octanol–water partition coefficient (Wildman–Crippen LogP) is 4.91. The summed E-state index contributed by atoms with van der Waals surface area (Å²) in [4.78, 5) is 15.4. The molecule has 0 aliphatic carbocycles. The number of ether oxygens (including phenoxy) is 1. The molecule has 0 radical (unpaired) electrons. The molecule has 0 saturated carbocycles. The smallest absolute Gasteiger partial charge is 0.270 e. The fourth-order valence-electron chi connectivity index (χ4n) is 4.33. The summed E-state index contributed by atoms with van der Waals surface area (Å²) in [6, 6.07) is 20.1. The van der Waals surface area contributed by atoms with E-state index in [1.807, 2.05) is 0 Å². The molecule has 178 valence electrons. The first kappa shape index (κ1) is 22.8. The van der Waals surface area contributed by atoms with Gasteiger partial charge in [0.1, 0.15) is 17.1 Å². The first-order valence-electron chi connectivity index (χ1n) is 10.9. The number of imidazole rings is 1. The molecule has 9 nitrogen and oxygen atoms in total. The van der Waals surface area contributed by atoms with Crippen molar-refractivity contribution in [3.8, 4) is 22.9 Å².